The number of aryl methyl sites for hydroxylation is 1. The first-order valence-electron chi connectivity index (χ1n) is 8.85. The summed E-state index contributed by atoms with van der Waals surface area (Å²) in [5.74, 6) is 0.623. The van der Waals surface area contributed by atoms with Gasteiger partial charge in [-0.1, -0.05) is 87.3 Å². The molecule has 0 saturated carbocycles. The number of nitrogens with zero attached hydrogens (tertiary/aromatic N) is 3. The van der Waals surface area contributed by atoms with Crippen LogP contribution in [0.25, 0.3) is 11.3 Å². The third-order valence-corrected chi connectivity index (χ3v) is 7.30. The van der Waals surface area contributed by atoms with Crippen LogP contribution >= 0.6 is 57.9 Å². The van der Waals surface area contributed by atoms with Gasteiger partial charge in [-0.25, -0.2) is 0 Å². The van der Waals surface area contributed by atoms with Gasteiger partial charge in [-0.3, -0.25) is 10.1 Å². The molecular formula is C20H13Cl3N4O2S2. The van der Waals surface area contributed by atoms with Crippen LogP contribution in [-0.4, -0.2) is 21.3 Å². The molecule has 4 aromatic rings. The van der Waals surface area contributed by atoms with E-state index in [0.717, 1.165) is 5.56 Å². The van der Waals surface area contributed by atoms with Crippen LogP contribution in [0.3, 0.4) is 0 Å². The van der Waals surface area contributed by atoms with Gasteiger partial charge >= 0.3 is 0 Å². The van der Waals surface area contributed by atoms with Crippen molar-refractivity contribution in [1.29, 1.82) is 0 Å². The van der Waals surface area contributed by atoms with E-state index < -0.39 is 5.91 Å². The molecule has 0 spiro atoms. The van der Waals surface area contributed by atoms with Gasteiger partial charge < -0.3 is 4.52 Å². The van der Waals surface area contributed by atoms with Crippen molar-refractivity contribution in [2.45, 2.75) is 17.0 Å². The number of anilines is 1. The zero-order valence-electron chi connectivity index (χ0n) is 15.9. The molecule has 2 aromatic heterocycles. The molecule has 1 amide bonds. The van der Waals surface area contributed by atoms with Crippen LogP contribution in [0, 0.1) is 6.92 Å². The highest BCUT2D eigenvalue weighted by Crippen LogP contribution is 2.33. The van der Waals surface area contributed by atoms with Crippen LogP contribution < -0.4 is 5.32 Å². The van der Waals surface area contributed by atoms with Gasteiger partial charge in [0.05, 0.1) is 15.1 Å². The van der Waals surface area contributed by atoms with Crippen molar-refractivity contribution >= 4 is 68.9 Å². The molecule has 2 heterocycles. The number of hydrogen-bond acceptors (Lipinski definition) is 7. The molecule has 1 N–H and O–H groups in total. The number of nitrogens with one attached hydrogen (secondary N) is 1. The largest absolute Gasteiger partial charge is 0.360 e. The first-order chi connectivity index (χ1) is 14.9. The Kier molecular flexibility index (Phi) is 6.83. The van der Waals surface area contributed by atoms with Crippen molar-refractivity contribution in [3.63, 3.8) is 0 Å². The fourth-order valence-corrected chi connectivity index (χ4v) is 4.97. The van der Waals surface area contributed by atoms with Crippen LogP contribution in [0.4, 0.5) is 5.13 Å². The third-order valence-electron chi connectivity index (χ3n) is 4.19. The Morgan fingerprint density at radius 2 is 1.90 bits per heavy atom. The number of halogens is 3. The number of carbonyl (C=O) groups excluding carboxylic acids is 1. The van der Waals surface area contributed by atoms with Crippen LogP contribution in [0.5, 0.6) is 0 Å². The van der Waals surface area contributed by atoms with E-state index in [1.807, 2.05) is 18.2 Å². The summed E-state index contributed by atoms with van der Waals surface area (Å²) in [7, 11) is 0. The molecule has 0 aliphatic rings. The maximum atomic E-state index is 12.9. The normalized spacial score (nSPS) is 11.0. The maximum absolute atomic E-state index is 12.9. The quantitative estimate of drug-likeness (QED) is 0.221. The highest BCUT2D eigenvalue weighted by molar-refractivity contribution is 8.00. The van der Waals surface area contributed by atoms with Crippen molar-refractivity contribution in [1.82, 2.24) is 15.4 Å². The number of rotatable bonds is 6. The van der Waals surface area contributed by atoms with E-state index >= 15 is 0 Å². The van der Waals surface area contributed by atoms with Gasteiger partial charge in [0, 0.05) is 11.3 Å². The number of amides is 1. The molecule has 0 unspecified atom stereocenters. The summed E-state index contributed by atoms with van der Waals surface area (Å²) >= 11 is 21.0. The van der Waals surface area contributed by atoms with Gasteiger partial charge in [0.2, 0.25) is 5.13 Å². The Balaban J connectivity index is 1.47. The lowest BCUT2D eigenvalue weighted by Crippen LogP contribution is -2.13. The second-order valence-electron chi connectivity index (χ2n) is 6.31. The molecule has 158 valence electrons. The Morgan fingerprint density at radius 3 is 2.68 bits per heavy atom. The molecule has 0 saturated heterocycles. The Labute approximate surface area is 200 Å². The second-order valence-corrected chi connectivity index (χ2v) is 9.73. The fourth-order valence-electron chi connectivity index (χ4n) is 2.73. The van der Waals surface area contributed by atoms with E-state index in [0.29, 0.717) is 52.9 Å². The Morgan fingerprint density at radius 1 is 1.10 bits per heavy atom. The number of carbonyl (C=O) groups is 1. The fraction of sp³-hybridized carbons (Fsp3) is 0.100. The standard InChI is InChI=1S/C20H13Cl3N4O2S2/c1-10-16(17(27-29-10)12-4-2-3-5-13(12)21)18(28)24-19-25-26-20(31-19)30-9-11-6-7-14(22)15(23)8-11/h2-8H,9H2,1H3,(H,24,25,28). The molecule has 0 aliphatic heterocycles. The second kappa shape index (κ2) is 9.58. The molecule has 0 atom stereocenters. The van der Waals surface area contributed by atoms with Crippen LogP contribution in [0.1, 0.15) is 21.7 Å². The van der Waals surface area contributed by atoms with Crippen LogP contribution in [-0.2, 0) is 5.75 Å². The lowest BCUT2D eigenvalue weighted by atomic mass is 10.1. The van der Waals surface area contributed by atoms with Crippen LogP contribution in [0.15, 0.2) is 51.3 Å². The molecule has 11 heteroatoms. The van der Waals surface area contributed by atoms with Gasteiger partial charge in [0.25, 0.3) is 5.91 Å². The first-order valence-corrected chi connectivity index (χ1v) is 11.8. The summed E-state index contributed by atoms with van der Waals surface area (Å²) in [4.78, 5) is 12.9. The monoisotopic (exact) mass is 510 g/mol. The highest BCUT2D eigenvalue weighted by atomic mass is 35.5. The summed E-state index contributed by atoms with van der Waals surface area (Å²) in [6, 6.07) is 12.6. The van der Waals surface area contributed by atoms with Gasteiger partial charge in [-0.2, -0.15) is 0 Å². The van der Waals surface area contributed by atoms with E-state index in [4.69, 9.17) is 39.3 Å². The maximum Gasteiger partial charge on any atom is 0.263 e. The van der Waals surface area contributed by atoms with E-state index in [-0.39, 0.29) is 0 Å². The summed E-state index contributed by atoms with van der Waals surface area (Å²) in [5, 5.41) is 16.8. The zero-order valence-corrected chi connectivity index (χ0v) is 19.8. The Hall–Kier alpha value is -2.10. The summed E-state index contributed by atoms with van der Waals surface area (Å²) < 4.78 is 5.95. The lowest BCUT2D eigenvalue weighted by Gasteiger charge is -2.04. The summed E-state index contributed by atoms with van der Waals surface area (Å²) in [6.45, 7) is 1.67. The van der Waals surface area contributed by atoms with Gasteiger partial charge in [0.15, 0.2) is 4.34 Å². The lowest BCUT2D eigenvalue weighted by molar-refractivity contribution is 0.102. The molecule has 4 rings (SSSR count). The smallest absolute Gasteiger partial charge is 0.263 e. The summed E-state index contributed by atoms with van der Waals surface area (Å²) in [5.41, 5.74) is 2.29. The first kappa shape index (κ1) is 22.1. The molecule has 0 fully saturated rings. The van der Waals surface area contributed by atoms with Crippen molar-refractivity contribution in [2.24, 2.45) is 0 Å². The van der Waals surface area contributed by atoms with E-state index in [1.165, 1.54) is 23.1 Å². The highest BCUT2D eigenvalue weighted by Gasteiger charge is 2.24. The Bertz CT molecular complexity index is 1260. The van der Waals surface area contributed by atoms with Crippen molar-refractivity contribution in [2.75, 3.05) is 5.32 Å². The van der Waals surface area contributed by atoms with E-state index in [9.17, 15) is 4.79 Å². The van der Waals surface area contributed by atoms with Crippen molar-refractivity contribution < 1.29 is 9.32 Å². The molecule has 0 radical (unpaired) electrons. The molecule has 0 aliphatic carbocycles. The number of benzene rings is 2. The third kappa shape index (κ3) is 5.05. The average Bonchev–Trinajstić information content (AvgIpc) is 3.35. The molecular weight excluding hydrogens is 499 g/mol. The minimum absolute atomic E-state index is 0.299. The predicted molar refractivity (Wildman–Crippen MR) is 126 cm³/mol. The predicted octanol–water partition coefficient (Wildman–Crippen LogP) is 7.01. The van der Waals surface area contributed by atoms with Gasteiger partial charge in [0.1, 0.15) is 17.0 Å². The molecule has 6 nitrogen and oxygen atoms in total. The van der Waals surface area contributed by atoms with E-state index in [2.05, 4.69) is 20.7 Å². The van der Waals surface area contributed by atoms with Gasteiger partial charge in [-0.05, 0) is 30.7 Å². The van der Waals surface area contributed by atoms with Crippen LogP contribution in [0.2, 0.25) is 15.1 Å². The number of aromatic nitrogens is 3. The minimum atomic E-state index is -0.397. The molecule has 2 aromatic carbocycles. The average molecular weight is 512 g/mol. The van der Waals surface area contributed by atoms with Crippen molar-refractivity contribution in [3.05, 3.63) is 74.4 Å². The number of hydrogen-bond donors (Lipinski definition) is 1. The topological polar surface area (TPSA) is 80.9 Å². The minimum Gasteiger partial charge on any atom is -0.360 e. The SMILES string of the molecule is Cc1onc(-c2ccccc2Cl)c1C(=O)Nc1nnc(SCc2ccc(Cl)c(Cl)c2)s1. The summed E-state index contributed by atoms with van der Waals surface area (Å²) in [6.07, 6.45) is 0. The zero-order chi connectivity index (χ0) is 22.0. The molecule has 0 bridgehead atoms. The van der Waals surface area contributed by atoms with Gasteiger partial charge in [-0.15, -0.1) is 10.2 Å². The van der Waals surface area contributed by atoms with Crippen molar-refractivity contribution in [3.8, 4) is 11.3 Å². The van der Waals surface area contributed by atoms with E-state index in [1.54, 1.807) is 31.2 Å². The molecule has 31 heavy (non-hydrogen) atoms. The number of thioether (sulfide) groups is 1.